The highest BCUT2D eigenvalue weighted by molar-refractivity contribution is 5.96. The number of hydrogen-bond acceptors (Lipinski definition) is 5. The Bertz CT molecular complexity index is 1190. The topological polar surface area (TPSA) is 92.2 Å². The molecule has 0 radical (unpaired) electrons. The van der Waals surface area contributed by atoms with Crippen molar-refractivity contribution in [2.24, 2.45) is 0 Å². The van der Waals surface area contributed by atoms with Crippen molar-refractivity contribution in [3.63, 3.8) is 0 Å². The number of hydrogen-bond donors (Lipinski definition) is 2. The standard InChI is InChI=1S/C25H31N5O3/c1-17-4-5-20(21-14-27-30(16-21)7-6-29-8-10-33-11-9-29)13-22(17)24(31)26-15-23-18(2)12-19(3)28-25(23)32/h4-5,12-14,16H,6-11,15H2,1-3H3,(H,26,31)(H,28,32). The van der Waals surface area contributed by atoms with Gasteiger partial charge in [0.05, 0.1) is 26.0 Å². The third-order valence-electron chi connectivity index (χ3n) is 6.12. The molecule has 0 bridgehead atoms. The Hall–Kier alpha value is -3.23. The number of carbonyl (C=O) groups is 1. The van der Waals surface area contributed by atoms with E-state index in [1.165, 1.54) is 0 Å². The Balaban J connectivity index is 1.44. The van der Waals surface area contributed by atoms with Gasteiger partial charge in [0.2, 0.25) is 0 Å². The summed E-state index contributed by atoms with van der Waals surface area (Å²) in [6.07, 6.45) is 3.85. The molecule has 0 spiro atoms. The fourth-order valence-corrected chi connectivity index (χ4v) is 4.11. The Morgan fingerprint density at radius 1 is 1.09 bits per heavy atom. The van der Waals surface area contributed by atoms with E-state index in [-0.39, 0.29) is 18.0 Å². The summed E-state index contributed by atoms with van der Waals surface area (Å²) in [5.74, 6) is -0.201. The van der Waals surface area contributed by atoms with Gasteiger partial charge in [0.25, 0.3) is 11.5 Å². The maximum Gasteiger partial charge on any atom is 0.253 e. The highest BCUT2D eigenvalue weighted by atomic mass is 16.5. The van der Waals surface area contributed by atoms with Crippen molar-refractivity contribution in [2.75, 3.05) is 32.8 Å². The lowest BCUT2D eigenvalue weighted by atomic mass is 10.0. The Labute approximate surface area is 193 Å². The van der Waals surface area contributed by atoms with Crippen molar-refractivity contribution in [1.29, 1.82) is 0 Å². The molecule has 1 fully saturated rings. The predicted molar refractivity (Wildman–Crippen MR) is 127 cm³/mol. The summed E-state index contributed by atoms with van der Waals surface area (Å²) in [5.41, 5.74) is 5.46. The first-order chi connectivity index (χ1) is 15.9. The first kappa shape index (κ1) is 22.9. The van der Waals surface area contributed by atoms with Gasteiger partial charge in [0.1, 0.15) is 0 Å². The summed E-state index contributed by atoms with van der Waals surface area (Å²) in [4.78, 5) is 30.4. The van der Waals surface area contributed by atoms with Crippen molar-refractivity contribution >= 4 is 5.91 Å². The van der Waals surface area contributed by atoms with Crippen molar-refractivity contribution in [3.8, 4) is 11.1 Å². The lowest BCUT2D eigenvalue weighted by Crippen LogP contribution is -2.38. The molecule has 1 aliphatic rings. The highest BCUT2D eigenvalue weighted by Crippen LogP contribution is 2.22. The number of morpholine rings is 1. The van der Waals surface area contributed by atoms with Gasteiger partial charge < -0.3 is 15.0 Å². The largest absolute Gasteiger partial charge is 0.379 e. The van der Waals surface area contributed by atoms with Gasteiger partial charge >= 0.3 is 0 Å². The summed E-state index contributed by atoms with van der Waals surface area (Å²) < 4.78 is 7.34. The van der Waals surface area contributed by atoms with Crippen LogP contribution in [0.15, 0.2) is 41.5 Å². The molecule has 4 rings (SSSR count). The first-order valence-corrected chi connectivity index (χ1v) is 11.3. The normalized spacial score (nSPS) is 14.4. The molecule has 0 atom stereocenters. The van der Waals surface area contributed by atoms with Crippen molar-refractivity contribution in [3.05, 3.63) is 75.0 Å². The fraction of sp³-hybridized carbons (Fsp3) is 0.400. The third kappa shape index (κ3) is 5.58. The van der Waals surface area contributed by atoms with E-state index in [0.29, 0.717) is 11.1 Å². The second kappa shape index (κ2) is 10.1. The van der Waals surface area contributed by atoms with Crippen LogP contribution in [0.25, 0.3) is 11.1 Å². The molecule has 1 amide bonds. The average Bonchev–Trinajstić information content (AvgIpc) is 3.27. The van der Waals surface area contributed by atoms with Gasteiger partial charge in [-0.15, -0.1) is 0 Å². The van der Waals surface area contributed by atoms with Crippen LogP contribution >= 0.6 is 0 Å². The van der Waals surface area contributed by atoms with Crippen LogP contribution in [0.2, 0.25) is 0 Å². The summed E-state index contributed by atoms with van der Waals surface area (Å²) >= 11 is 0. The van der Waals surface area contributed by atoms with Gasteiger partial charge in [-0.1, -0.05) is 12.1 Å². The van der Waals surface area contributed by atoms with Crippen LogP contribution in [0.4, 0.5) is 0 Å². The van der Waals surface area contributed by atoms with E-state index >= 15 is 0 Å². The Morgan fingerprint density at radius 2 is 1.88 bits per heavy atom. The number of nitrogens with one attached hydrogen (secondary N) is 2. The molecule has 1 saturated heterocycles. The number of amides is 1. The van der Waals surface area contributed by atoms with E-state index in [0.717, 1.165) is 67.3 Å². The molecule has 8 nitrogen and oxygen atoms in total. The maximum absolute atomic E-state index is 12.9. The molecule has 33 heavy (non-hydrogen) atoms. The van der Waals surface area contributed by atoms with E-state index in [1.54, 1.807) is 0 Å². The number of aromatic amines is 1. The molecule has 1 aromatic carbocycles. The van der Waals surface area contributed by atoms with E-state index in [1.807, 2.05) is 62.1 Å². The summed E-state index contributed by atoms with van der Waals surface area (Å²) in [5, 5.41) is 7.40. The summed E-state index contributed by atoms with van der Waals surface area (Å²) in [6.45, 7) is 11.1. The van der Waals surface area contributed by atoms with Crippen LogP contribution in [0.1, 0.15) is 32.7 Å². The molecule has 0 unspecified atom stereocenters. The molecule has 3 aromatic rings. The molecule has 0 saturated carbocycles. The number of pyridine rings is 1. The first-order valence-electron chi connectivity index (χ1n) is 11.3. The Morgan fingerprint density at radius 3 is 2.64 bits per heavy atom. The number of carbonyl (C=O) groups excluding carboxylic acids is 1. The van der Waals surface area contributed by atoms with Gasteiger partial charge in [-0.05, 0) is 49.6 Å². The van der Waals surface area contributed by atoms with Crippen LogP contribution in [0, 0.1) is 20.8 Å². The maximum atomic E-state index is 12.9. The monoisotopic (exact) mass is 449 g/mol. The molecule has 3 heterocycles. The minimum absolute atomic E-state index is 0.164. The van der Waals surface area contributed by atoms with Gasteiger partial charge in [-0.25, -0.2) is 0 Å². The van der Waals surface area contributed by atoms with Gasteiger partial charge in [0.15, 0.2) is 0 Å². The van der Waals surface area contributed by atoms with E-state index in [9.17, 15) is 9.59 Å². The SMILES string of the molecule is Cc1cc(C)c(CNC(=O)c2cc(-c3cnn(CCN4CCOCC4)c3)ccc2C)c(=O)[nH]1. The minimum atomic E-state index is -0.201. The number of ether oxygens (including phenoxy) is 1. The molecule has 1 aliphatic heterocycles. The van der Waals surface area contributed by atoms with Crippen molar-refractivity contribution < 1.29 is 9.53 Å². The minimum Gasteiger partial charge on any atom is -0.379 e. The lowest BCUT2D eigenvalue weighted by Gasteiger charge is -2.26. The van der Waals surface area contributed by atoms with Gasteiger partial charge in [0, 0.05) is 54.8 Å². The number of H-pyrrole nitrogens is 1. The summed E-state index contributed by atoms with van der Waals surface area (Å²) in [6, 6.07) is 7.75. The van der Waals surface area contributed by atoms with Crippen molar-refractivity contribution in [2.45, 2.75) is 33.9 Å². The zero-order valence-electron chi connectivity index (χ0n) is 19.5. The Kier molecular flexibility index (Phi) is 7.05. The average molecular weight is 450 g/mol. The van der Waals surface area contributed by atoms with Crippen LogP contribution in [0.3, 0.4) is 0 Å². The number of aromatic nitrogens is 3. The zero-order valence-corrected chi connectivity index (χ0v) is 19.5. The quantitative estimate of drug-likeness (QED) is 0.578. The number of nitrogens with zero attached hydrogens (tertiary/aromatic N) is 3. The highest BCUT2D eigenvalue weighted by Gasteiger charge is 2.14. The zero-order chi connectivity index (χ0) is 23.4. The number of benzene rings is 1. The molecule has 2 N–H and O–H groups in total. The van der Waals surface area contributed by atoms with Crippen LogP contribution < -0.4 is 10.9 Å². The second-order valence-corrected chi connectivity index (χ2v) is 8.60. The molecule has 8 heteroatoms. The summed E-state index contributed by atoms with van der Waals surface area (Å²) in [7, 11) is 0. The molecule has 174 valence electrons. The van der Waals surface area contributed by atoms with Crippen LogP contribution in [-0.4, -0.2) is 58.4 Å². The smallest absolute Gasteiger partial charge is 0.253 e. The molecule has 2 aromatic heterocycles. The molecular formula is C25H31N5O3. The second-order valence-electron chi connectivity index (χ2n) is 8.60. The third-order valence-corrected chi connectivity index (χ3v) is 6.12. The van der Waals surface area contributed by atoms with Gasteiger partial charge in [-0.2, -0.15) is 5.10 Å². The number of rotatable bonds is 7. The van der Waals surface area contributed by atoms with E-state index in [4.69, 9.17) is 4.74 Å². The number of aryl methyl sites for hydroxylation is 3. The molecule has 0 aliphatic carbocycles. The predicted octanol–water partition coefficient (Wildman–Crippen LogP) is 2.43. The fourth-order valence-electron chi connectivity index (χ4n) is 4.11. The van der Waals surface area contributed by atoms with E-state index in [2.05, 4.69) is 20.3 Å². The lowest BCUT2D eigenvalue weighted by molar-refractivity contribution is 0.0360. The van der Waals surface area contributed by atoms with E-state index < -0.39 is 0 Å². The van der Waals surface area contributed by atoms with Crippen molar-refractivity contribution in [1.82, 2.24) is 25.0 Å². The van der Waals surface area contributed by atoms with Crippen LogP contribution in [-0.2, 0) is 17.8 Å². The molecular weight excluding hydrogens is 418 g/mol. The van der Waals surface area contributed by atoms with Crippen LogP contribution in [0.5, 0.6) is 0 Å². The van der Waals surface area contributed by atoms with Gasteiger partial charge in [-0.3, -0.25) is 19.2 Å².